The molecule has 0 atom stereocenters. The second kappa shape index (κ2) is 8.06. The van der Waals surface area contributed by atoms with E-state index in [0.717, 1.165) is 46.8 Å². The molecule has 1 aromatic heterocycles. The van der Waals surface area contributed by atoms with E-state index in [-0.39, 0.29) is 0 Å². The fraction of sp³-hybridized carbons (Fsp3) is 0.143. The smallest absolute Gasteiger partial charge is 0.164 e. The van der Waals surface area contributed by atoms with E-state index in [1.54, 1.807) is 18.0 Å². The number of aromatic nitrogens is 1. The molecule has 0 spiro atoms. The van der Waals surface area contributed by atoms with E-state index in [1.165, 1.54) is 0 Å². The van der Waals surface area contributed by atoms with E-state index in [2.05, 4.69) is 33.1 Å². The minimum Gasteiger partial charge on any atom is -0.457 e. The van der Waals surface area contributed by atoms with E-state index in [0.29, 0.717) is 0 Å². The number of rotatable bonds is 5. The maximum Gasteiger partial charge on any atom is 0.164 e. The lowest BCUT2D eigenvalue weighted by Crippen LogP contribution is -2.27. The van der Waals surface area contributed by atoms with Gasteiger partial charge in [-0.25, -0.2) is 0 Å². The van der Waals surface area contributed by atoms with Crippen molar-refractivity contribution >= 4 is 22.6 Å². The zero-order chi connectivity index (χ0) is 17.6. The third-order valence-corrected chi connectivity index (χ3v) is 4.99. The lowest BCUT2D eigenvalue weighted by molar-refractivity contribution is 0.483. The average Bonchev–Trinajstić information content (AvgIpc) is 3.23. The molecular weight excluding hydrogens is 342 g/mol. The number of para-hydroxylation sites is 1. The van der Waals surface area contributed by atoms with Gasteiger partial charge in [0.25, 0.3) is 0 Å². The van der Waals surface area contributed by atoms with Crippen molar-refractivity contribution < 1.29 is 4.74 Å². The van der Waals surface area contributed by atoms with Gasteiger partial charge in [0, 0.05) is 23.8 Å². The molecule has 4 nitrogen and oxygen atoms in total. The van der Waals surface area contributed by atoms with Crippen molar-refractivity contribution in [2.45, 2.75) is 6.54 Å². The number of ether oxygens (including phenoxy) is 1. The molecule has 0 unspecified atom stereocenters. The van der Waals surface area contributed by atoms with Gasteiger partial charge in [-0.2, -0.15) is 0 Å². The number of hydrogen-bond acceptors (Lipinski definition) is 5. The SMILES string of the molecule is c1ccc(Oc2ccc(N(Cc3cccnc3)C3=NCCS3)cc2)cc1. The summed E-state index contributed by atoms with van der Waals surface area (Å²) in [5.74, 6) is 2.69. The van der Waals surface area contributed by atoms with Gasteiger partial charge in [-0.15, -0.1) is 0 Å². The molecule has 0 saturated heterocycles. The summed E-state index contributed by atoms with van der Waals surface area (Å²) in [6.07, 6.45) is 3.70. The molecule has 4 rings (SSSR count). The Morgan fingerprint density at radius 1 is 0.923 bits per heavy atom. The number of anilines is 1. The predicted octanol–water partition coefficient (Wildman–Crippen LogP) is 4.98. The van der Waals surface area contributed by atoms with Crippen molar-refractivity contribution in [3.63, 3.8) is 0 Å². The molecule has 0 bridgehead atoms. The summed E-state index contributed by atoms with van der Waals surface area (Å²) >= 11 is 1.80. The summed E-state index contributed by atoms with van der Waals surface area (Å²) in [6, 6.07) is 22.0. The first-order valence-electron chi connectivity index (χ1n) is 8.55. The Balaban J connectivity index is 1.55. The van der Waals surface area contributed by atoms with Crippen LogP contribution in [-0.4, -0.2) is 22.4 Å². The molecule has 0 amide bonds. The van der Waals surface area contributed by atoms with Gasteiger partial charge in [-0.3, -0.25) is 9.98 Å². The van der Waals surface area contributed by atoms with E-state index in [1.807, 2.05) is 54.7 Å². The summed E-state index contributed by atoms with van der Waals surface area (Å²) in [5, 5.41) is 1.06. The van der Waals surface area contributed by atoms with E-state index in [9.17, 15) is 0 Å². The number of aliphatic imine (C=N–C) groups is 1. The van der Waals surface area contributed by atoms with Crippen LogP contribution in [0.15, 0.2) is 84.1 Å². The molecule has 1 aliphatic rings. The van der Waals surface area contributed by atoms with Crippen molar-refractivity contribution in [2.24, 2.45) is 4.99 Å². The molecule has 1 aliphatic heterocycles. The lowest BCUT2D eigenvalue weighted by Gasteiger charge is -2.24. The van der Waals surface area contributed by atoms with Gasteiger partial charge in [0.05, 0.1) is 13.1 Å². The summed E-state index contributed by atoms with van der Waals surface area (Å²) < 4.78 is 5.89. The Morgan fingerprint density at radius 3 is 2.42 bits per heavy atom. The van der Waals surface area contributed by atoms with Crippen LogP contribution in [0.4, 0.5) is 5.69 Å². The molecular formula is C21H19N3OS. The van der Waals surface area contributed by atoms with Crippen molar-refractivity contribution in [3.05, 3.63) is 84.7 Å². The van der Waals surface area contributed by atoms with Crippen LogP contribution in [0.25, 0.3) is 0 Å². The molecule has 0 fully saturated rings. The molecule has 0 radical (unpaired) electrons. The molecule has 0 saturated carbocycles. The summed E-state index contributed by atoms with van der Waals surface area (Å²) in [4.78, 5) is 11.1. The van der Waals surface area contributed by atoms with Gasteiger partial charge in [0.2, 0.25) is 0 Å². The van der Waals surface area contributed by atoms with Crippen molar-refractivity contribution in [2.75, 3.05) is 17.2 Å². The fourth-order valence-electron chi connectivity index (χ4n) is 2.75. The molecule has 3 aromatic rings. The standard InChI is InChI=1S/C21H19N3OS/c1-2-6-19(7-3-1)25-20-10-8-18(9-11-20)24(21-23-13-14-26-21)16-17-5-4-12-22-15-17/h1-12,15H,13-14,16H2. The van der Waals surface area contributed by atoms with Gasteiger partial charge in [0.1, 0.15) is 11.5 Å². The Morgan fingerprint density at radius 2 is 1.73 bits per heavy atom. The Labute approximate surface area is 157 Å². The van der Waals surface area contributed by atoms with Gasteiger partial charge >= 0.3 is 0 Å². The van der Waals surface area contributed by atoms with Crippen molar-refractivity contribution in [1.82, 2.24) is 4.98 Å². The third kappa shape index (κ3) is 4.06. The predicted molar refractivity (Wildman–Crippen MR) is 108 cm³/mol. The fourth-order valence-corrected chi connectivity index (χ4v) is 3.62. The first kappa shape index (κ1) is 16.7. The number of hydrogen-bond donors (Lipinski definition) is 0. The second-order valence-corrected chi connectivity index (χ2v) is 6.93. The normalized spacial score (nSPS) is 13.3. The molecule has 0 N–H and O–H groups in total. The average molecular weight is 361 g/mol. The maximum atomic E-state index is 5.89. The molecule has 2 heterocycles. The highest BCUT2D eigenvalue weighted by atomic mass is 32.2. The topological polar surface area (TPSA) is 37.7 Å². The molecule has 5 heteroatoms. The minimum atomic E-state index is 0.749. The largest absolute Gasteiger partial charge is 0.457 e. The highest BCUT2D eigenvalue weighted by Crippen LogP contribution is 2.28. The van der Waals surface area contributed by atoms with Crippen LogP contribution in [0.2, 0.25) is 0 Å². The van der Waals surface area contributed by atoms with Crippen LogP contribution in [0.5, 0.6) is 11.5 Å². The van der Waals surface area contributed by atoms with Crippen molar-refractivity contribution in [3.8, 4) is 11.5 Å². The van der Waals surface area contributed by atoms with Crippen LogP contribution < -0.4 is 9.64 Å². The second-order valence-electron chi connectivity index (χ2n) is 5.87. The number of benzene rings is 2. The third-order valence-electron chi connectivity index (χ3n) is 3.99. The van der Waals surface area contributed by atoms with E-state index in [4.69, 9.17) is 4.74 Å². The number of pyridine rings is 1. The number of nitrogens with zero attached hydrogens (tertiary/aromatic N) is 3. The number of thioether (sulfide) groups is 1. The quantitative estimate of drug-likeness (QED) is 0.642. The van der Waals surface area contributed by atoms with Gasteiger partial charge < -0.3 is 9.64 Å². The summed E-state index contributed by atoms with van der Waals surface area (Å²) in [6.45, 7) is 1.62. The molecule has 130 valence electrons. The minimum absolute atomic E-state index is 0.749. The van der Waals surface area contributed by atoms with Crippen LogP contribution in [0.1, 0.15) is 5.56 Å². The first-order valence-corrected chi connectivity index (χ1v) is 9.54. The van der Waals surface area contributed by atoms with Gasteiger partial charge in [-0.1, -0.05) is 36.0 Å². The zero-order valence-corrected chi connectivity index (χ0v) is 15.1. The maximum absolute atomic E-state index is 5.89. The van der Waals surface area contributed by atoms with Gasteiger partial charge in [-0.05, 0) is 48.0 Å². The monoisotopic (exact) mass is 361 g/mol. The molecule has 0 aliphatic carbocycles. The number of amidine groups is 1. The molecule has 26 heavy (non-hydrogen) atoms. The Kier molecular flexibility index (Phi) is 5.17. The van der Waals surface area contributed by atoms with Crippen LogP contribution >= 0.6 is 11.8 Å². The lowest BCUT2D eigenvalue weighted by atomic mass is 10.2. The summed E-state index contributed by atoms with van der Waals surface area (Å²) in [7, 11) is 0. The zero-order valence-electron chi connectivity index (χ0n) is 14.3. The first-order chi connectivity index (χ1) is 12.9. The van der Waals surface area contributed by atoms with Crippen LogP contribution in [-0.2, 0) is 6.54 Å². The Hall–Kier alpha value is -2.79. The van der Waals surface area contributed by atoms with E-state index < -0.39 is 0 Å². The van der Waals surface area contributed by atoms with E-state index >= 15 is 0 Å². The highest BCUT2D eigenvalue weighted by molar-refractivity contribution is 8.14. The summed E-state index contributed by atoms with van der Waals surface area (Å²) in [5.41, 5.74) is 2.26. The van der Waals surface area contributed by atoms with Crippen molar-refractivity contribution in [1.29, 1.82) is 0 Å². The Bertz CT molecular complexity index is 867. The van der Waals surface area contributed by atoms with Gasteiger partial charge in [0.15, 0.2) is 5.17 Å². The highest BCUT2D eigenvalue weighted by Gasteiger charge is 2.18. The van der Waals surface area contributed by atoms with Crippen LogP contribution in [0.3, 0.4) is 0 Å². The molecule has 2 aromatic carbocycles. The van der Waals surface area contributed by atoms with Crippen LogP contribution in [0, 0.1) is 0 Å².